The van der Waals surface area contributed by atoms with Crippen molar-refractivity contribution < 1.29 is 9.59 Å². The van der Waals surface area contributed by atoms with E-state index in [2.05, 4.69) is 4.98 Å². The highest BCUT2D eigenvalue weighted by atomic mass is 32.1. The van der Waals surface area contributed by atoms with Gasteiger partial charge in [0.1, 0.15) is 5.56 Å². The van der Waals surface area contributed by atoms with Crippen molar-refractivity contribution in [3.05, 3.63) is 55.6 Å². The molecule has 0 spiro atoms. The fourth-order valence-corrected chi connectivity index (χ4v) is 3.79. The zero-order valence-corrected chi connectivity index (χ0v) is 14.6. The van der Waals surface area contributed by atoms with Gasteiger partial charge in [-0.05, 0) is 49.8 Å². The number of piperidine rings is 1. The van der Waals surface area contributed by atoms with E-state index in [-0.39, 0.29) is 28.7 Å². The van der Waals surface area contributed by atoms with Gasteiger partial charge in [0.25, 0.3) is 11.5 Å². The molecule has 0 aliphatic carbocycles. The monoisotopic (exact) mass is 344 g/mol. The maximum atomic E-state index is 12.7. The minimum atomic E-state index is -0.366. The molecule has 5 nitrogen and oxygen atoms in total. The molecule has 1 atom stereocenters. The number of carbonyl (C=O) groups is 2. The van der Waals surface area contributed by atoms with Crippen molar-refractivity contribution in [1.29, 1.82) is 0 Å². The third-order valence-corrected chi connectivity index (χ3v) is 5.46. The number of rotatable bonds is 3. The Kier molecular flexibility index (Phi) is 4.66. The number of aromatic nitrogens is 1. The van der Waals surface area contributed by atoms with Gasteiger partial charge in [-0.2, -0.15) is 0 Å². The molecule has 1 N–H and O–H groups in total. The maximum Gasteiger partial charge on any atom is 0.261 e. The highest BCUT2D eigenvalue weighted by Crippen LogP contribution is 2.24. The highest BCUT2D eigenvalue weighted by Gasteiger charge is 2.30. The molecular weight excluding hydrogens is 324 g/mol. The van der Waals surface area contributed by atoms with E-state index >= 15 is 0 Å². The first-order valence-electron chi connectivity index (χ1n) is 8.05. The van der Waals surface area contributed by atoms with Crippen LogP contribution < -0.4 is 5.56 Å². The molecule has 126 valence electrons. The van der Waals surface area contributed by atoms with Crippen molar-refractivity contribution >= 4 is 23.0 Å². The first-order valence-corrected chi connectivity index (χ1v) is 8.93. The summed E-state index contributed by atoms with van der Waals surface area (Å²) in [5.74, 6) is -0.383. The Morgan fingerprint density at radius 1 is 1.33 bits per heavy atom. The van der Waals surface area contributed by atoms with Gasteiger partial charge in [-0.15, -0.1) is 11.3 Å². The molecular formula is C18H20N2O3S. The van der Waals surface area contributed by atoms with E-state index in [4.69, 9.17) is 0 Å². The van der Waals surface area contributed by atoms with Crippen LogP contribution >= 0.6 is 11.3 Å². The number of aromatic amines is 1. The van der Waals surface area contributed by atoms with Gasteiger partial charge >= 0.3 is 0 Å². The fourth-order valence-electron chi connectivity index (χ4n) is 3.05. The van der Waals surface area contributed by atoms with Gasteiger partial charge in [0.15, 0.2) is 5.78 Å². The first-order chi connectivity index (χ1) is 11.5. The quantitative estimate of drug-likeness (QED) is 0.871. The van der Waals surface area contributed by atoms with Crippen LogP contribution in [0.1, 0.15) is 44.1 Å². The predicted octanol–water partition coefficient (Wildman–Crippen LogP) is 2.79. The largest absolute Gasteiger partial charge is 0.338 e. The average Bonchev–Trinajstić information content (AvgIpc) is 3.11. The number of nitrogens with one attached hydrogen (secondary N) is 1. The zero-order valence-electron chi connectivity index (χ0n) is 13.8. The zero-order chi connectivity index (χ0) is 17.3. The number of hydrogen-bond donors (Lipinski definition) is 1. The van der Waals surface area contributed by atoms with Crippen molar-refractivity contribution in [2.24, 2.45) is 5.92 Å². The Bertz CT molecular complexity index is 823. The third-order valence-electron chi connectivity index (χ3n) is 4.57. The molecule has 1 aliphatic heterocycles. The highest BCUT2D eigenvalue weighted by molar-refractivity contribution is 7.12. The van der Waals surface area contributed by atoms with E-state index in [1.165, 1.54) is 11.3 Å². The molecule has 1 amide bonds. The summed E-state index contributed by atoms with van der Waals surface area (Å²) in [6.45, 7) is 4.63. The number of carbonyl (C=O) groups excluding carboxylic acids is 2. The Morgan fingerprint density at radius 3 is 2.83 bits per heavy atom. The third kappa shape index (κ3) is 3.19. The second-order valence-electron chi connectivity index (χ2n) is 6.25. The number of pyridine rings is 1. The summed E-state index contributed by atoms with van der Waals surface area (Å²) < 4.78 is 0. The molecule has 0 unspecified atom stereocenters. The summed E-state index contributed by atoms with van der Waals surface area (Å²) in [5.41, 5.74) is 1.43. The number of nitrogens with zero attached hydrogens (tertiary/aromatic N) is 1. The average molecular weight is 344 g/mol. The summed E-state index contributed by atoms with van der Waals surface area (Å²) in [4.78, 5) is 42.5. The lowest BCUT2D eigenvalue weighted by Gasteiger charge is -2.31. The molecule has 1 aliphatic rings. The van der Waals surface area contributed by atoms with E-state index in [1.807, 2.05) is 31.4 Å². The molecule has 2 aromatic rings. The Labute approximate surface area is 144 Å². The van der Waals surface area contributed by atoms with Crippen LogP contribution in [0, 0.1) is 19.8 Å². The van der Waals surface area contributed by atoms with E-state index in [0.717, 1.165) is 29.0 Å². The summed E-state index contributed by atoms with van der Waals surface area (Å²) >= 11 is 1.43. The van der Waals surface area contributed by atoms with Gasteiger partial charge in [-0.3, -0.25) is 14.4 Å². The van der Waals surface area contributed by atoms with E-state index in [0.29, 0.717) is 13.1 Å². The summed E-state index contributed by atoms with van der Waals surface area (Å²) in [6.07, 6.45) is 1.56. The molecule has 0 aromatic carbocycles. The molecule has 0 radical (unpaired) electrons. The summed E-state index contributed by atoms with van der Waals surface area (Å²) in [6, 6.07) is 5.32. The van der Waals surface area contributed by atoms with Crippen molar-refractivity contribution in [2.75, 3.05) is 13.1 Å². The number of thiophene rings is 1. The van der Waals surface area contributed by atoms with Gasteiger partial charge in [0.05, 0.1) is 4.88 Å². The SMILES string of the molecule is Cc1cc(C(=O)N2CCC[C@@H](C(=O)c3cccs3)C2)c(=O)[nH]c1C. The number of likely N-dealkylation sites (tertiary alicyclic amines) is 1. The molecule has 6 heteroatoms. The lowest BCUT2D eigenvalue weighted by Crippen LogP contribution is -2.43. The Balaban J connectivity index is 1.80. The van der Waals surface area contributed by atoms with Gasteiger partial charge in [-0.25, -0.2) is 0 Å². The fraction of sp³-hybridized carbons (Fsp3) is 0.389. The topological polar surface area (TPSA) is 70.2 Å². The second-order valence-corrected chi connectivity index (χ2v) is 7.20. The van der Waals surface area contributed by atoms with Crippen LogP contribution in [0.5, 0.6) is 0 Å². The molecule has 1 saturated heterocycles. The first kappa shape index (κ1) is 16.6. The van der Waals surface area contributed by atoms with Crippen molar-refractivity contribution in [1.82, 2.24) is 9.88 Å². The molecule has 0 saturated carbocycles. The van der Waals surface area contributed by atoms with Gasteiger partial charge in [-0.1, -0.05) is 6.07 Å². The Hall–Kier alpha value is -2.21. The van der Waals surface area contributed by atoms with Crippen LogP contribution in [0.2, 0.25) is 0 Å². The van der Waals surface area contributed by atoms with E-state index in [9.17, 15) is 14.4 Å². The van der Waals surface area contributed by atoms with E-state index < -0.39 is 0 Å². The summed E-state index contributed by atoms with van der Waals surface area (Å²) in [5, 5.41) is 1.88. The van der Waals surface area contributed by atoms with Crippen molar-refractivity contribution in [3.63, 3.8) is 0 Å². The lowest BCUT2D eigenvalue weighted by atomic mass is 9.92. The van der Waals surface area contributed by atoms with Gasteiger partial charge in [0.2, 0.25) is 0 Å². The smallest absolute Gasteiger partial charge is 0.261 e. The van der Waals surface area contributed by atoms with Crippen LogP contribution in [-0.4, -0.2) is 34.7 Å². The number of H-pyrrole nitrogens is 1. The van der Waals surface area contributed by atoms with Gasteiger partial charge < -0.3 is 9.88 Å². The predicted molar refractivity (Wildman–Crippen MR) is 93.8 cm³/mol. The van der Waals surface area contributed by atoms with Crippen molar-refractivity contribution in [3.8, 4) is 0 Å². The standard InChI is InChI=1S/C18H20N2O3S/c1-11-9-14(17(22)19-12(11)2)18(23)20-7-3-5-13(10-20)16(21)15-6-4-8-24-15/h4,6,8-9,13H,3,5,7,10H2,1-2H3,(H,19,22)/t13-/m1/s1. The molecule has 2 aromatic heterocycles. The minimum Gasteiger partial charge on any atom is -0.338 e. The number of hydrogen-bond acceptors (Lipinski definition) is 4. The number of ketones is 1. The van der Waals surface area contributed by atoms with Gasteiger partial charge in [0, 0.05) is 24.7 Å². The maximum absolute atomic E-state index is 12.7. The molecule has 3 heterocycles. The van der Waals surface area contributed by atoms with Crippen LogP contribution in [0.25, 0.3) is 0 Å². The molecule has 0 bridgehead atoms. The normalized spacial score (nSPS) is 17.8. The lowest BCUT2D eigenvalue weighted by molar-refractivity contribution is 0.0636. The van der Waals surface area contributed by atoms with Crippen LogP contribution in [0.3, 0.4) is 0 Å². The van der Waals surface area contributed by atoms with E-state index in [1.54, 1.807) is 11.0 Å². The molecule has 3 rings (SSSR count). The Morgan fingerprint density at radius 2 is 2.12 bits per heavy atom. The summed E-state index contributed by atoms with van der Waals surface area (Å²) in [7, 11) is 0. The van der Waals surface area contributed by atoms with Crippen LogP contribution in [-0.2, 0) is 0 Å². The number of Topliss-reactive ketones (excluding diaryl/α,β-unsaturated/α-hetero) is 1. The van der Waals surface area contributed by atoms with Crippen LogP contribution in [0.15, 0.2) is 28.4 Å². The molecule has 24 heavy (non-hydrogen) atoms. The second kappa shape index (κ2) is 6.73. The number of aryl methyl sites for hydroxylation is 2. The van der Waals surface area contributed by atoms with Crippen molar-refractivity contribution in [2.45, 2.75) is 26.7 Å². The minimum absolute atomic E-state index is 0.0940. The number of amides is 1. The molecule has 1 fully saturated rings. The van der Waals surface area contributed by atoms with Crippen LogP contribution in [0.4, 0.5) is 0 Å².